The van der Waals surface area contributed by atoms with E-state index >= 15 is 0 Å². The lowest BCUT2D eigenvalue weighted by molar-refractivity contribution is 0.0513. The first-order valence-corrected chi connectivity index (χ1v) is 8.09. The van der Waals surface area contributed by atoms with Gasteiger partial charge in [0.1, 0.15) is 0 Å². The molecule has 4 nitrogen and oxygen atoms in total. The monoisotopic (exact) mass is 302 g/mol. The van der Waals surface area contributed by atoms with E-state index in [2.05, 4.69) is 10.3 Å². The third kappa shape index (κ3) is 3.49. The van der Waals surface area contributed by atoms with Crippen molar-refractivity contribution in [2.24, 2.45) is 5.92 Å². The highest BCUT2D eigenvalue weighted by Crippen LogP contribution is 2.30. The molecule has 3 heterocycles. The Kier molecular flexibility index (Phi) is 4.62. The van der Waals surface area contributed by atoms with Crippen molar-refractivity contribution in [1.29, 1.82) is 0 Å². The molecule has 0 aromatic carbocycles. The third-order valence-corrected chi connectivity index (χ3v) is 4.53. The van der Waals surface area contributed by atoms with Crippen LogP contribution >= 0.6 is 11.3 Å². The number of thiophene rings is 1. The van der Waals surface area contributed by atoms with Crippen molar-refractivity contribution >= 4 is 17.2 Å². The molecule has 0 saturated carbocycles. The van der Waals surface area contributed by atoms with Crippen LogP contribution < -0.4 is 5.32 Å². The molecular formula is C16H18N2O2S. The van der Waals surface area contributed by atoms with E-state index in [0.29, 0.717) is 5.92 Å². The van der Waals surface area contributed by atoms with Crippen LogP contribution in [-0.4, -0.2) is 24.1 Å². The number of hydrogen-bond acceptors (Lipinski definition) is 4. The van der Waals surface area contributed by atoms with Crippen molar-refractivity contribution in [2.45, 2.75) is 18.9 Å². The van der Waals surface area contributed by atoms with Crippen molar-refractivity contribution in [2.75, 3.05) is 13.2 Å². The molecule has 1 aliphatic rings. The maximum Gasteiger partial charge on any atom is 0.252 e. The fourth-order valence-corrected chi connectivity index (χ4v) is 3.34. The van der Waals surface area contributed by atoms with Crippen LogP contribution in [0.25, 0.3) is 0 Å². The lowest BCUT2D eigenvalue weighted by Gasteiger charge is -2.31. The van der Waals surface area contributed by atoms with Crippen LogP contribution in [0.2, 0.25) is 0 Å². The van der Waals surface area contributed by atoms with Gasteiger partial charge < -0.3 is 10.1 Å². The number of carbonyl (C=O) groups excluding carboxylic acids is 1. The number of aromatic nitrogens is 1. The Hall–Kier alpha value is -1.72. The van der Waals surface area contributed by atoms with Crippen LogP contribution in [0.5, 0.6) is 0 Å². The number of nitrogens with one attached hydrogen (secondary N) is 1. The molecule has 0 bridgehead atoms. The summed E-state index contributed by atoms with van der Waals surface area (Å²) >= 11 is 1.53. The summed E-state index contributed by atoms with van der Waals surface area (Å²) in [6, 6.07) is 5.79. The summed E-state index contributed by atoms with van der Waals surface area (Å²) in [4.78, 5) is 16.6. The van der Waals surface area contributed by atoms with Crippen molar-refractivity contribution in [3.05, 3.63) is 52.5 Å². The SMILES string of the molecule is O=C(N[C@H](c1cccnc1)C1CCOCC1)c1ccsc1. The molecule has 2 aromatic rings. The number of hydrogen-bond donors (Lipinski definition) is 1. The molecule has 0 radical (unpaired) electrons. The summed E-state index contributed by atoms with van der Waals surface area (Å²) in [6.07, 6.45) is 5.52. The first-order valence-electron chi connectivity index (χ1n) is 7.15. The minimum Gasteiger partial charge on any atom is -0.381 e. The van der Waals surface area contributed by atoms with Gasteiger partial charge >= 0.3 is 0 Å². The molecule has 1 aliphatic heterocycles. The van der Waals surface area contributed by atoms with Gasteiger partial charge in [0.15, 0.2) is 0 Å². The van der Waals surface area contributed by atoms with Gasteiger partial charge in [-0.25, -0.2) is 0 Å². The molecule has 1 atom stereocenters. The molecular weight excluding hydrogens is 284 g/mol. The van der Waals surface area contributed by atoms with E-state index in [9.17, 15) is 4.79 Å². The predicted octanol–water partition coefficient (Wildman–Crippen LogP) is 3.04. The second-order valence-electron chi connectivity index (χ2n) is 5.20. The van der Waals surface area contributed by atoms with Gasteiger partial charge in [0.05, 0.1) is 11.6 Å². The van der Waals surface area contributed by atoms with E-state index < -0.39 is 0 Å². The zero-order valence-electron chi connectivity index (χ0n) is 11.7. The highest BCUT2D eigenvalue weighted by atomic mass is 32.1. The molecule has 0 aliphatic carbocycles. The summed E-state index contributed by atoms with van der Waals surface area (Å²) in [5.74, 6) is 0.377. The fourth-order valence-electron chi connectivity index (χ4n) is 2.70. The predicted molar refractivity (Wildman–Crippen MR) is 82.3 cm³/mol. The molecule has 110 valence electrons. The number of rotatable bonds is 4. The number of nitrogens with zero attached hydrogens (tertiary/aromatic N) is 1. The second kappa shape index (κ2) is 6.83. The van der Waals surface area contributed by atoms with Crippen LogP contribution in [0.3, 0.4) is 0 Å². The van der Waals surface area contributed by atoms with E-state index in [1.54, 1.807) is 6.20 Å². The Morgan fingerprint density at radius 2 is 2.24 bits per heavy atom. The average molecular weight is 302 g/mol. The van der Waals surface area contributed by atoms with Crippen LogP contribution in [0, 0.1) is 5.92 Å². The highest BCUT2D eigenvalue weighted by molar-refractivity contribution is 7.08. The van der Waals surface area contributed by atoms with E-state index in [1.165, 1.54) is 11.3 Å². The van der Waals surface area contributed by atoms with Gasteiger partial charge in [-0.05, 0) is 41.8 Å². The maximum atomic E-state index is 12.4. The molecule has 0 unspecified atom stereocenters. The van der Waals surface area contributed by atoms with Gasteiger partial charge in [0, 0.05) is 31.0 Å². The standard InChI is InChI=1S/C16H18N2O2S/c19-16(14-5-9-21-11-14)18-15(12-3-7-20-8-4-12)13-2-1-6-17-10-13/h1-2,5-6,9-12,15H,3-4,7-8H2,(H,18,19)/t15-/m0/s1. The van der Waals surface area contributed by atoms with Crippen molar-refractivity contribution < 1.29 is 9.53 Å². The molecule has 1 N–H and O–H groups in total. The molecule has 21 heavy (non-hydrogen) atoms. The van der Waals surface area contributed by atoms with E-state index in [1.807, 2.05) is 35.2 Å². The molecule has 1 fully saturated rings. The largest absolute Gasteiger partial charge is 0.381 e. The summed E-state index contributed by atoms with van der Waals surface area (Å²) < 4.78 is 5.44. The van der Waals surface area contributed by atoms with Crippen molar-refractivity contribution in [1.82, 2.24) is 10.3 Å². The quantitative estimate of drug-likeness (QED) is 0.944. The van der Waals surface area contributed by atoms with Gasteiger partial charge in [-0.3, -0.25) is 9.78 Å². The number of pyridine rings is 1. The maximum absolute atomic E-state index is 12.4. The summed E-state index contributed by atoms with van der Waals surface area (Å²) in [6.45, 7) is 1.52. The lowest BCUT2D eigenvalue weighted by Crippen LogP contribution is -2.36. The molecule has 1 saturated heterocycles. The van der Waals surface area contributed by atoms with Gasteiger partial charge in [0.25, 0.3) is 5.91 Å². The Morgan fingerprint density at radius 1 is 1.38 bits per heavy atom. The Bertz CT molecular complexity index is 565. The molecule has 2 aromatic heterocycles. The smallest absolute Gasteiger partial charge is 0.252 e. The summed E-state index contributed by atoms with van der Waals surface area (Å²) in [5, 5.41) is 6.97. The zero-order chi connectivity index (χ0) is 14.5. The summed E-state index contributed by atoms with van der Waals surface area (Å²) in [5.41, 5.74) is 1.79. The topological polar surface area (TPSA) is 51.2 Å². The van der Waals surface area contributed by atoms with Crippen molar-refractivity contribution in [3.63, 3.8) is 0 Å². The first kappa shape index (κ1) is 14.2. The number of carbonyl (C=O) groups is 1. The van der Waals surface area contributed by atoms with Crippen LogP contribution in [-0.2, 0) is 4.74 Å². The molecule has 0 spiro atoms. The lowest BCUT2D eigenvalue weighted by atomic mass is 9.87. The highest BCUT2D eigenvalue weighted by Gasteiger charge is 2.27. The van der Waals surface area contributed by atoms with E-state index in [4.69, 9.17) is 4.74 Å². The van der Waals surface area contributed by atoms with Gasteiger partial charge in [-0.1, -0.05) is 6.07 Å². The third-order valence-electron chi connectivity index (χ3n) is 3.85. The Labute approximate surface area is 128 Å². The zero-order valence-corrected chi connectivity index (χ0v) is 12.5. The molecule has 1 amide bonds. The van der Waals surface area contributed by atoms with Crippen LogP contribution in [0.1, 0.15) is 34.8 Å². The fraction of sp³-hybridized carbons (Fsp3) is 0.375. The number of ether oxygens (including phenoxy) is 1. The van der Waals surface area contributed by atoms with Crippen LogP contribution in [0.15, 0.2) is 41.4 Å². The Balaban J connectivity index is 1.80. The van der Waals surface area contributed by atoms with Gasteiger partial charge in [0.2, 0.25) is 0 Å². The van der Waals surface area contributed by atoms with Gasteiger partial charge in [-0.15, -0.1) is 0 Å². The Morgan fingerprint density at radius 3 is 2.90 bits per heavy atom. The minimum atomic E-state index is -0.0170. The van der Waals surface area contributed by atoms with Crippen molar-refractivity contribution in [3.8, 4) is 0 Å². The average Bonchev–Trinajstić information content (AvgIpc) is 3.09. The van der Waals surface area contributed by atoms with E-state index in [-0.39, 0.29) is 11.9 Å². The normalized spacial score (nSPS) is 17.3. The van der Waals surface area contributed by atoms with Crippen LogP contribution in [0.4, 0.5) is 0 Å². The summed E-state index contributed by atoms with van der Waals surface area (Å²) in [7, 11) is 0. The van der Waals surface area contributed by atoms with Gasteiger partial charge in [-0.2, -0.15) is 11.3 Å². The molecule has 5 heteroatoms. The minimum absolute atomic E-state index is 0.00463. The second-order valence-corrected chi connectivity index (χ2v) is 5.98. The number of amides is 1. The first-order chi connectivity index (χ1) is 10.3. The molecule has 3 rings (SSSR count). The van der Waals surface area contributed by atoms with E-state index in [0.717, 1.165) is 37.2 Å².